The highest BCUT2D eigenvalue weighted by molar-refractivity contribution is 6.11. The lowest BCUT2D eigenvalue weighted by Gasteiger charge is -2.21. The maximum atomic E-state index is 13.7. The van der Waals surface area contributed by atoms with Crippen LogP contribution in [0.5, 0.6) is 5.75 Å². The van der Waals surface area contributed by atoms with Crippen LogP contribution in [-0.4, -0.2) is 32.1 Å². The molecule has 50 heavy (non-hydrogen) atoms. The third kappa shape index (κ3) is 7.20. The summed E-state index contributed by atoms with van der Waals surface area (Å²) in [6, 6.07) is 39.2. The summed E-state index contributed by atoms with van der Waals surface area (Å²) in [5.41, 5.74) is 5.96. The van der Waals surface area contributed by atoms with E-state index in [2.05, 4.69) is 39.9 Å². The molecule has 1 atom stereocenters. The average Bonchev–Trinajstić information content (AvgIpc) is 3.92. The van der Waals surface area contributed by atoms with Crippen molar-refractivity contribution in [1.82, 2.24) is 19.7 Å². The maximum Gasteiger partial charge on any atom is 0.226 e. The highest BCUT2D eigenvalue weighted by Gasteiger charge is 2.24. The predicted molar refractivity (Wildman–Crippen MR) is 192 cm³/mol. The van der Waals surface area contributed by atoms with Crippen LogP contribution in [0.2, 0.25) is 0 Å². The van der Waals surface area contributed by atoms with E-state index >= 15 is 0 Å². The minimum atomic E-state index is -0.150. The molecule has 0 aliphatic heterocycles. The Labute approximate surface area is 291 Å². The molecule has 0 aliphatic rings. The highest BCUT2D eigenvalue weighted by atomic mass is 16.5. The van der Waals surface area contributed by atoms with E-state index in [4.69, 9.17) is 18.6 Å². The van der Waals surface area contributed by atoms with Crippen LogP contribution in [-0.2, 0) is 19.3 Å². The summed E-state index contributed by atoms with van der Waals surface area (Å²) in [4.78, 5) is 18.4. The summed E-state index contributed by atoms with van der Waals surface area (Å²) in [6.45, 7) is 4.48. The summed E-state index contributed by atoms with van der Waals surface area (Å²) in [7, 11) is 0. The standard InChI is InChI=1S/C42H38N4O4/c1-3-13-39-44-45-40(50-39)28-35(38-20-12-26-46(38)37-19-11-10-18-34(37)41(47)31-14-6-4-7-15-31)30-21-23-33(24-22-30)48-27-25-36-29(2)49-42(43-36)32-16-8-5-9-17-32/h4-12,14-24,26,35H,3,13,25,27-28H2,1-2H3. The monoisotopic (exact) mass is 662 g/mol. The van der Waals surface area contributed by atoms with E-state index in [0.29, 0.717) is 48.2 Å². The van der Waals surface area contributed by atoms with Gasteiger partial charge in [0, 0.05) is 53.8 Å². The van der Waals surface area contributed by atoms with Crippen LogP contribution >= 0.6 is 0 Å². The van der Waals surface area contributed by atoms with Crippen LogP contribution in [0.15, 0.2) is 136 Å². The molecule has 0 fully saturated rings. The summed E-state index contributed by atoms with van der Waals surface area (Å²) < 4.78 is 20.3. The molecule has 7 rings (SSSR count). The van der Waals surface area contributed by atoms with Crippen molar-refractivity contribution in [2.75, 3.05) is 6.61 Å². The Balaban J connectivity index is 1.14. The molecule has 0 bridgehead atoms. The van der Waals surface area contributed by atoms with Crippen molar-refractivity contribution in [3.05, 3.63) is 173 Å². The normalized spacial score (nSPS) is 11.8. The number of oxazole rings is 1. The van der Waals surface area contributed by atoms with Gasteiger partial charge in [-0.15, -0.1) is 10.2 Å². The van der Waals surface area contributed by atoms with Crippen molar-refractivity contribution in [1.29, 1.82) is 0 Å². The molecule has 250 valence electrons. The third-order valence-electron chi connectivity index (χ3n) is 8.74. The number of rotatable bonds is 14. The van der Waals surface area contributed by atoms with Crippen LogP contribution in [0.4, 0.5) is 0 Å². The van der Waals surface area contributed by atoms with E-state index in [1.165, 1.54) is 0 Å². The Morgan fingerprint density at radius 2 is 1.50 bits per heavy atom. The van der Waals surface area contributed by atoms with E-state index in [1.54, 1.807) is 0 Å². The van der Waals surface area contributed by atoms with E-state index < -0.39 is 0 Å². The van der Waals surface area contributed by atoms with E-state index in [0.717, 1.165) is 52.6 Å². The van der Waals surface area contributed by atoms with Gasteiger partial charge in [0.15, 0.2) is 5.78 Å². The Morgan fingerprint density at radius 3 is 2.28 bits per heavy atom. The first-order valence-corrected chi connectivity index (χ1v) is 17.0. The van der Waals surface area contributed by atoms with Crippen LogP contribution < -0.4 is 4.74 Å². The van der Waals surface area contributed by atoms with Crippen molar-refractivity contribution in [2.45, 2.75) is 45.4 Å². The lowest BCUT2D eigenvalue weighted by Crippen LogP contribution is -2.13. The van der Waals surface area contributed by atoms with Gasteiger partial charge in [0.05, 0.1) is 18.0 Å². The maximum absolute atomic E-state index is 13.7. The molecule has 3 aromatic heterocycles. The van der Waals surface area contributed by atoms with Gasteiger partial charge in [-0.1, -0.05) is 79.7 Å². The number of para-hydroxylation sites is 1. The van der Waals surface area contributed by atoms with E-state index in [-0.39, 0.29) is 11.7 Å². The molecule has 0 saturated carbocycles. The van der Waals surface area contributed by atoms with Crippen LogP contribution in [0.1, 0.15) is 69.7 Å². The minimum absolute atomic E-state index is 0.0305. The number of benzene rings is 4. The fraction of sp³-hybridized carbons (Fsp3) is 0.190. The van der Waals surface area contributed by atoms with Gasteiger partial charge < -0.3 is 18.1 Å². The molecule has 4 aromatic carbocycles. The minimum Gasteiger partial charge on any atom is -0.493 e. The highest BCUT2D eigenvalue weighted by Crippen LogP contribution is 2.33. The molecule has 8 heteroatoms. The number of hydrogen-bond acceptors (Lipinski definition) is 7. The molecule has 0 radical (unpaired) electrons. The van der Waals surface area contributed by atoms with Crippen LogP contribution in [0.25, 0.3) is 17.1 Å². The predicted octanol–water partition coefficient (Wildman–Crippen LogP) is 9.00. The molecule has 7 aromatic rings. The molecule has 0 aliphatic carbocycles. The van der Waals surface area contributed by atoms with Gasteiger partial charge in [0.25, 0.3) is 0 Å². The fourth-order valence-electron chi connectivity index (χ4n) is 6.20. The number of aromatic nitrogens is 4. The lowest BCUT2D eigenvalue weighted by molar-refractivity contribution is 0.103. The Bertz CT molecular complexity index is 2160. The van der Waals surface area contributed by atoms with Gasteiger partial charge in [-0.05, 0) is 67.4 Å². The van der Waals surface area contributed by atoms with Crippen LogP contribution in [0.3, 0.4) is 0 Å². The first kappa shape index (κ1) is 32.5. The molecule has 0 saturated heterocycles. The molecule has 8 nitrogen and oxygen atoms in total. The van der Waals surface area contributed by atoms with Gasteiger partial charge >= 0.3 is 0 Å². The number of ether oxygens (including phenoxy) is 1. The summed E-state index contributed by atoms with van der Waals surface area (Å²) in [6.07, 6.45) is 4.77. The molecular formula is C42H38N4O4. The zero-order chi connectivity index (χ0) is 34.3. The number of ketones is 1. The summed E-state index contributed by atoms with van der Waals surface area (Å²) in [5.74, 6) is 3.20. The van der Waals surface area contributed by atoms with Gasteiger partial charge in [-0.2, -0.15) is 0 Å². The fourth-order valence-corrected chi connectivity index (χ4v) is 6.20. The number of aryl methyl sites for hydroxylation is 2. The van der Waals surface area contributed by atoms with E-state index in [9.17, 15) is 4.79 Å². The molecular weight excluding hydrogens is 624 g/mol. The number of carbonyl (C=O) groups is 1. The number of nitrogens with zero attached hydrogens (tertiary/aromatic N) is 4. The molecule has 0 N–H and O–H groups in total. The first-order valence-electron chi connectivity index (χ1n) is 17.0. The van der Waals surface area contributed by atoms with E-state index in [1.807, 2.05) is 116 Å². The smallest absolute Gasteiger partial charge is 0.226 e. The second-order valence-electron chi connectivity index (χ2n) is 12.2. The van der Waals surface area contributed by atoms with Crippen molar-refractivity contribution >= 4 is 5.78 Å². The Hall–Kier alpha value is -6.02. The molecule has 3 heterocycles. The van der Waals surface area contributed by atoms with Gasteiger partial charge in [-0.3, -0.25) is 4.79 Å². The summed E-state index contributed by atoms with van der Waals surface area (Å²) in [5, 5.41) is 8.68. The van der Waals surface area contributed by atoms with Gasteiger partial charge in [-0.25, -0.2) is 4.98 Å². The lowest BCUT2D eigenvalue weighted by atomic mass is 9.91. The largest absolute Gasteiger partial charge is 0.493 e. The second-order valence-corrected chi connectivity index (χ2v) is 12.2. The van der Waals surface area contributed by atoms with Gasteiger partial charge in [0.2, 0.25) is 17.7 Å². The molecule has 0 spiro atoms. The number of hydrogen-bond donors (Lipinski definition) is 0. The SMILES string of the molecule is CCCc1nnc(CC(c2ccc(OCCc3nc(-c4ccccc4)oc3C)cc2)c2cccn2-c2ccccc2C(=O)c2ccccc2)o1. The van der Waals surface area contributed by atoms with Crippen molar-refractivity contribution in [3.8, 4) is 22.9 Å². The Morgan fingerprint density at radius 1 is 0.780 bits per heavy atom. The zero-order valence-corrected chi connectivity index (χ0v) is 28.2. The first-order chi connectivity index (χ1) is 24.6. The third-order valence-corrected chi connectivity index (χ3v) is 8.74. The quantitative estimate of drug-likeness (QED) is 0.107. The van der Waals surface area contributed by atoms with Crippen molar-refractivity contribution in [3.63, 3.8) is 0 Å². The molecule has 1 unspecified atom stereocenters. The average molecular weight is 663 g/mol. The van der Waals surface area contributed by atoms with Crippen molar-refractivity contribution in [2.24, 2.45) is 0 Å². The number of carbonyl (C=O) groups excluding carboxylic acids is 1. The van der Waals surface area contributed by atoms with Crippen molar-refractivity contribution < 1.29 is 18.4 Å². The second kappa shape index (κ2) is 15.0. The van der Waals surface area contributed by atoms with Crippen LogP contribution in [0, 0.1) is 6.92 Å². The topological polar surface area (TPSA) is 96.2 Å². The summed E-state index contributed by atoms with van der Waals surface area (Å²) >= 11 is 0. The Kier molecular flexibility index (Phi) is 9.78. The molecule has 0 amide bonds. The zero-order valence-electron chi connectivity index (χ0n) is 28.2. The van der Waals surface area contributed by atoms with Gasteiger partial charge in [0.1, 0.15) is 11.5 Å².